The minimum atomic E-state index is -3.64. The van der Waals surface area contributed by atoms with Gasteiger partial charge in [0.05, 0.1) is 12.0 Å². The standard InChI is InChI=1S/C16H20N4O3S/c1-23-15-6-9-18-16(19-15)20-10-7-13(8-11-20)12-2-4-14(5-3-12)24(17,21)22/h2-6,9,13H,7-8,10-11H2,1H3,(H2,17,21,22). The maximum atomic E-state index is 11.3. The smallest absolute Gasteiger partial charge is 0.238 e. The van der Waals surface area contributed by atoms with Crippen LogP contribution in [0, 0.1) is 0 Å². The van der Waals surface area contributed by atoms with Crippen molar-refractivity contribution in [1.82, 2.24) is 9.97 Å². The Labute approximate surface area is 141 Å². The maximum absolute atomic E-state index is 11.3. The van der Waals surface area contributed by atoms with Crippen LogP contribution in [0.1, 0.15) is 24.3 Å². The van der Waals surface area contributed by atoms with Crippen molar-refractivity contribution < 1.29 is 13.2 Å². The van der Waals surface area contributed by atoms with Crippen molar-refractivity contribution in [3.63, 3.8) is 0 Å². The summed E-state index contributed by atoms with van der Waals surface area (Å²) >= 11 is 0. The molecular weight excluding hydrogens is 328 g/mol. The van der Waals surface area contributed by atoms with Crippen LogP contribution in [0.4, 0.5) is 5.95 Å². The van der Waals surface area contributed by atoms with Crippen LogP contribution >= 0.6 is 0 Å². The van der Waals surface area contributed by atoms with Crippen molar-refractivity contribution in [1.29, 1.82) is 0 Å². The van der Waals surface area contributed by atoms with Crippen LogP contribution in [0.3, 0.4) is 0 Å². The van der Waals surface area contributed by atoms with E-state index in [9.17, 15) is 8.42 Å². The number of piperidine rings is 1. The third-order valence-corrected chi connectivity index (χ3v) is 5.21. The zero-order chi connectivity index (χ0) is 17.2. The van der Waals surface area contributed by atoms with Gasteiger partial charge in [-0.25, -0.2) is 18.5 Å². The van der Waals surface area contributed by atoms with E-state index in [1.165, 1.54) is 0 Å². The lowest BCUT2D eigenvalue weighted by molar-refractivity contribution is 0.395. The van der Waals surface area contributed by atoms with E-state index in [-0.39, 0.29) is 4.90 Å². The summed E-state index contributed by atoms with van der Waals surface area (Å²) in [5.74, 6) is 1.62. The molecule has 1 aromatic carbocycles. The van der Waals surface area contributed by atoms with Gasteiger partial charge in [0.25, 0.3) is 0 Å². The van der Waals surface area contributed by atoms with E-state index in [0.717, 1.165) is 31.5 Å². The number of nitrogens with two attached hydrogens (primary N) is 1. The lowest BCUT2D eigenvalue weighted by atomic mass is 9.89. The summed E-state index contributed by atoms with van der Waals surface area (Å²) in [6.07, 6.45) is 3.60. The summed E-state index contributed by atoms with van der Waals surface area (Å²) in [4.78, 5) is 10.9. The number of anilines is 1. The third kappa shape index (κ3) is 3.65. The Balaban J connectivity index is 1.66. The van der Waals surface area contributed by atoms with Crippen molar-refractivity contribution in [2.24, 2.45) is 5.14 Å². The Kier molecular flexibility index (Phi) is 4.68. The number of sulfonamides is 1. The number of primary sulfonamides is 1. The van der Waals surface area contributed by atoms with Gasteiger partial charge in [0.1, 0.15) is 0 Å². The zero-order valence-electron chi connectivity index (χ0n) is 13.4. The van der Waals surface area contributed by atoms with Gasteiger partial charge in [-0.1, -0.05) is 12.1 Å². The first-order valence-corrected chi connectivity index (χ1v) is 9.27. The summed E-state index contributed by atoms with van der Waals surface area (Å²) in [5.41, 5.74) is 1.13. The molecule has 0 atom stereocenters. The first-order chi connectivity index (χ1) is 11.5. The van der Waals surface area contributed by atoms with Crippen LogP contribution in [0.25, 0.3) is 0 Å². The lowest BCUT2D eigenvalue weighted by Crippen LogP contribution is -2.34. The van der Waals surface area contributed by atoms with E-state index in [4.69, 9.17) is 9.88 Å². The van der Waals surface area contributed by atoms with Gasteiger partial charge in [0.2, 0.25) is 21.9 Å². The molecule has 0 amide bonds. The molecule has 0 radical (unpaired) electrons. The van der Waals surface area contributed by atoms with Gasteiger partial charge in [-0.2, -0.15) is 4.98 Å². The molecule has 0 unspecified atom stereocenters. The molecule has 0 saturated carbocycles. The third-order valence-electron chi connectivity index (χ3n) is 4.28. The Hall–Kier alpha value is -2.19. The molecule has 0 bridgehead atoms. The second kappa shape index (κ2) is 6.74. The molecular formula is C16H20N4O3S. The highest BCUT2D eigenvalue weighted by Crippen LogP contribution is 2.30. The molecule has 3 rings (SSSR count). The molecule has 1 aliphatic heterocycles. The van der Waals surface area contributed by atoms with E-state index >= 15 is 0 Å². The highest BCUT2D eigenvalue weighted by molar-refractivity contribution is 7.89. The fourth-order valence-corrected chi connectivity index (χ4v) is 3.46. The molecule has 1 saturated heterocycles. The predicted octanol–water partition coefficient (Wildman–Crippen LogP) is 1.52. The fourth-order valence-electron chi connectivity index (χ4n) is 2.94. The van der Waals surface area contributed by atoms with Crippen LogP contribution < -0.4 is 14.8 Å². The monoisotopic (exact) mass is 348 g/mol. The number of nitrogens with zero attached hydrogens (tertiary/aromatic N) is 3. The van der Waals surface area contributed by atoms with E-state index in [2.05, 4.69) is 14.9 Å². The van der Waals surface area contributed by atoms with Gasteiger partial charge < -0.3 is 9.64 Å². The largest absolute Gasteiger partial charge is 0.481 e. The zero-order valence-corrected chi connectivity index (χ0v) is 14.2. The van der Waals surface area contributed by atoms with Crippen LogP contribution in [-0.2, 0) is 10.0 Å². The molecule has 2 N–H and O–H groups in total. The molecule has 128 valence electrons. The Morgan fingerprint density at radius 2 is 1.83 bits per heavy atom. The first kappa shape index (κ1) is 16.7. The number of rotatable bonds is 4. The Bertz CT molecular complexity index is 800. The van der Waals surface area contributed by atoms with Crippen LogP contribution in [-0.4, -0.2) is 38.6 Å². The highest BCUT2D eigenvalue weighted by atomic mass is 32.2. The summed E-state index contributed by atoms with van der Waals surface area (Å²) in [7, 11) is -2.05. The van der Waals surface area contributed by atoms with Crippen molar-refractivity contribution in [3.05, 3.63) is 42.1 Å². The number of methoxy groups -OCH3 is 1. The van der Waals surface area contributed by atoms with E-state index in [1.54, 1.807) is 31.5 Å². The summed E-state index contributed by atoms with van der Waals surface area (Å²) in [6, 6.07) is 8.57. The normalized spacial score (nSPS) is 16.2. The molecule has 0 spiro atoms. The number of aromatic nitrogens is 2. The van der Waals surface area contributed by atoms with Crippen molar-refractivity contribution >= 4 is 16.0 Å². The molecule has 2 heterocycles. The molecule has 7 nitrogen and oxygen atoms in total. The molecule has 1 aromatic heterocycles. The quantitative estimate of drug-likeness (QED) is 0.899. The average Bonchev–Trinajstić information content (AvgIpc) is 2.61. The van der Waals surface area contributed by atoms with Gasteiger partial charge in [0.15, 0.2) is 0 Å². The van der Waals surface area contributed by atoms with Gasteiger partial charge in [0, 0.05) is 25.4 Å². The Morgan fingerprint density at radius 3 is 2.42 bits per heavy atom. The van der Waals surface area contributed by atoms with Crippen molar-refractivity contribution in [2.45, 2.75) is 23.7 Å². The van der Waals surface area contributed by atoms with Crippen LogP contribution in [0.15, 0.2) is 41.4 Å². The first-order valence-electron chi connectivity index (χ1n) is 7.72. The summed E-state index contributed by atoms with van der Waals surface area (Å²) < 4.78 is 27.8. The Morgan fingerprint density at radius 1 is 1.17 bits per heavy atom. The minimum absolute atomic E-state index is 0.147. The number of benzene rings is 1. The summed E-state index contributed by atoms with van der Waals surface area (Å²) in [5, 5.41) is 5.13. The molecule has 2 aromatic rings. The minimum Gasteiger partial charge on any atom is -0.481 e. The van der Waals surface area contributed by atoms with Crippen LogP contribution in [0.5, 0.6) is 5.88 Å². The molecule has 0 aliphatic carbocycles. The maximum Gasteiger partial charge on any atom is 0.238 e. The molecule has 24 heavy (non-hydrogen) atoms. The SMILES string of the molecule is COc1ccnc(N2CCC(c3ccc(S(N)(=O)=O)cc3)CC2)n1. The second-order valence-electron chi connectivity index (χ2n) is 5.77. The second-order valence-corrected chi connectivity index (χ2v) is 7.34. The van der Waals surface area contributed by atoms with E-state index in [1.807, 2.05) is 12.1 Å². The molecule has 8 heteroatoms. The number of hydrogen-bond acceptors (Lipinski definition) is 6. The van der Waals surface area contributed by atoms with Gasteiger partial charge in [-0.05, 0) is 36.5 Å². The predicted molar refractivity (Wildman–Crippen MR) is 90.6 cm³/mol. The molecule has 1 fully saturated rings. The number of ether oxygens (including phenoxy) is 1. The summed E-state index contributed by atoms with van der Waals surface area (Å²) in [6.45, 7) is 1.68. The lowest BCUT2D eigenvalue weighted by Gasteiger charge is -2.32. The number of hydrogen-bond donors (Lipinski definition) is 1. The van der Waals surface area contributed by atoms with Crippen molar-refractivity contribution in [3.8, 4) is 5.88 Å². The van der Waals surface area contributed by atoms with Crippen LogP contribution in [0.2, 0.25) is 0 Å². The van der Waals surface area contributed by atoms with Crippen molar-refractivity contribution in [2.75, 3.05) is 25.1 Å². The molecule has 1 aliphatic rings. The topological polar surface area (TPSA) is 98.4 Å². The van der Waals surface area contributed by atoms with E-state index in [0.29, 0.717) is 17.7 Å². The van der Waals surface area contributed by atoms with Gasteiger partial charge in [-0.15, -0.1) is 0 Å². The van der Waals surface area contributed by atoms with Gasteiger partial charge in [-0.3, -0.25) is 0 Å². The van der Waals surface area contributed by atoms with E-state index < -0.39 is 10.0 Å². The van der Waals surface area contributed by atoms with Gasteiger partial charge >= 0.3 is 0 Å². The average molecular weight is 348 g/mol. The fraction of sp³-hybridized carbons (Fsp3) is 0.375. The highest BCUT2D eigenvalue weighted by Gasteiger charge is 2.22.